The lowest BCUT2D eigenvalue weighted by molar-refractivity contribution is -0.128. The van der Waals surface area contributed by atoms with Gasteiger partial charge in [0.2, 0.25) is 11.8 Å². The topological polar surface area (TPSA) is 58.6 Å². The van der Waals surface area contributed by atoms with Crippen molar-refractivity contribution in [3.63, 3.8) is 0 Å². The summed E-state index contributed by atoms with van der Waals surface area (Å²) in [6.07, 6.45) is 0.278. The maximum Gasteiger partial charge on any atom is 0.229 e. The molecule has 1 atom stereocenters. The van der Waals surface area contributed by atoms with Crippen molar-refractivity contribution in [1.82, 2.24) is 4.90 Å². The van der Waals surface area contributed by atoms with Gasteiger partial charge in [-0.05, 0) is 31.0 Å². The van der Waals surface area contributed by atoms with E-state index in [1.807, 2.05) is 32.0 Å². The van der Waals surface area contributed by atoms with Gasteiger partial charge in [0.25, 0.3) is 0 Å². The van der Waals surface area contributed by atoms with Gasteiger partial charge < -0.3 is 15.0 Å². The number of rotatable bonds is 5. The second-order valence-corrected chi connectivity index (χ2v) is 5.54. The number of anilines is 1. The molecule has 0 spiro atoms. The maximum atomic E-state index is 12.3. The Morgan fingerprint density at radius 1 is 1.43 bits per heavy atom. The van der Waals surface area contributed by atoms with Crippen molar-refractivity contribution in [2.24, 2.45) is 5.92 Å². The van der Waals surface area contributed by atoms with Crippen molar-refractivity contribution in [3.05, 3.63) is 29.3 Å². The molecule has 1 saturated heterocycles. The first kappa shape index (κ1) is 15.5. The Kier molecular flexibility index (Phi) is 4.96. The molecule has 1 heterocycles. The molecule has 0 radical (unpaired) electrons. The molecule has 1 N–H and O–H groups in total. The second-order valence-electron chi connectivity index (χ2n) is 5.54. The minimum absolute atomic E-state index is 0.0214. The van der Waals surface area contributed by atoms with E-state index >= 15 is 0 Å². The van der Waals surface area contributed by atoms with E-state index in [-0.39, 0.29) is 24.2 Å². The summed E-state index contributed by atoms with van der Waals surface area (Å²) in [5.74, 6) is -0.348. The average molecular weight is 290 g/mol. The third-order valence-electron chi connectivity index (χ3n) is 3.80. The molecule has 1 aromatic rings. The van der Waals surface area contributed by atoms with Crippen LogP contribution in [0.4, 0.5) is 5.69 Å². The summed E-state index contributed by atoms with van der Waals surface area (Å²) >= 11 is 0. The van der Waals surface area contributed by atoms with Crippen molar-refractivity contribution in [3.8, 4) is 0 Å². The molecule has 0 aromatic heterocycles. The van der Waals surface area contributed by atoms with Crippen LogP contribution in [0.25, 0.3) is 0 Å². The zero-order valence-corrected chi connectivity index (χ0v) is 12.8. The molecule has 5 heteroatoms. The van der Waals surface area contributed by atoms with Crippen LogP contribution < -0.4 is 5.32 Å². The monoisotopic (exact) mass is 290 g/mol. The number of aryl methyl sites for hydroxylation is 2. The average Bonchev–Trinajstić information content (AvgIpc) is 2.82. The highest BCUT2D eigenvalue weighted by atomic mass is 16.5. The van der Waals surface area contributed by atoms with Crippen molar-refractivity contribution in [1.29, 1.82) is 0 Å². The van der Waals surface area contributed by atoms with Gasteiger partial charge in [-0.15, -0.1) is 0 Å². The Labute approximate surface area is 125 Å². The van der Waals surface area contributed by atoms with E-state index in [9.17, 15) is 9.59 Å². The molecular weight excluding hydrogens is 268 g/mol. The number of benzene rings is 1. The second kappa shape index (κ2) is 6.72. The van der Waals surface area contributed by atoms with Crippen molar-refractivity contribution < 1.29 is 14.3 Å². The highest BCUT2D eigenvalue weighted by Gasteiger charge is 2.34. The number of carbonyl (C=O) groups is 2. The van der Waals surface area contributed by atoms with Gasteiger partial charge in [-0.25, -0.2) is 0 Å². The summed E-state index contributed by atoms with van der Waals surface area (Å²) in [6.45, 7) is 5.46. The van der Waals surface area contributed by atoms with Crippen LogP contribution in [0.5, 0.6) is 0 Å². The van der Waals surface area contributed by atoms with E-state index in [4.69, 9.17) is 4.74 Å². The van der Waals surface area contributed by atoms with Gasteiger partial charge in [-0.2, -0.15) is 0 Å². The van der Waals surface area contributed by atoms with Crippen LogP contribution >= 0.6 is 0 Å². The van der Waals surface area contributed by atoms with Gasteiger partial charge in [0, 0.05) is 32.3 Å². The lowest BCUT2D eigenvalue weighted by Gasteiger charge is -2.16. The van der Waals surface area contributed by atoms with Crippen LogP contribution in [-0.4, -0.2) is 43.5 Å². The van der Waals surface area contributed by atoms with E-state index in [1.54, 1.807) is 12.0 Å². The fourth-order valence-electron chi connectivity index (χ4n) is 2.47. The van der Waals surface area contributed by atoms with Crippen molar-refractivity contribution in [2.75, 3.05) is 32.1 Å². The third kappa shape index (κ3) is 3.82. The predicted octanol–water partition coefficient (Wildman–Crippen LogP) is 1.74. The Hall–Kier alpha value is -1.88. The molecule has 0 aliphatic carbocycles. The molecule has 2 amide bonds. The zero-order valence-electron chi connectivity index (χ0n) is 12.8. The summed E-state index contributed by atoms with van der Waals surface area (Å²) in [5.41, 5.74) is 2.94. The van der Waals surface area contributed by atoms with Gasteiger partial charge in [-0.1, -0.05) is 12.1 Å². The number of hydrogen-bond acceptors (Lipinski definition) is 3. The number of methoxy groups -OCH3 is 1. The molecule has 1 unspecified atom stereocenters. The molecule has 0 bridgehead atoms. The van der Waals surface area contributed by atoms with Gasteiger partial charge in [0.05, 0.1) is 12.5 Å². The summed E-state index contributed by atoms with van der Waals surface area (Å²) < 4.78 is 4.98. The normalized spacial score (nSPS) is 18.1. The molecule has 2 rings (SSSR count). The van der Waals surface area contributed by atoms with Crippen LogP contribution in [-0.2, 0) is 14.3 Å². The molecule has 21 heavy (non-hydrogen) atoms. The molecule has 1 aliphatic rings. The Morgan fingerprint density at radius 2 is 2.19 bits per heavy atom. The summed E-state index contributed by atoms with van der Waals surface area (Å²) in [7, 11) is 1.60. The highest BCUT2D eigenvalue weighted by molar-refractivity contribution is 5.97. The first-order chi connectivity index (χ1) is 10.0. The first-order valence-electron chi connectivity index (χ1n) is 7.16. The van der Waals surface area contributed by atoms with E-state index < -0.39 is 0 Å². The molecular formula is C16H22N2O3. The fourth-order valence-corrected chi connectivity index (χ4v) is 2.47. The maximum absolute atomic E-state index is 12.3. The summed E-state index contributed by atoms with van der Waals surface area (Å²) in [5, 5.41) is 2.94. The zero-order chi connectivity index (χ0) is 15.4. The number of ether oxygens (including phenoxy) is 1. The van der Waals surface area contributed by atoms with Gasteiger partial charge >= 0.3 is 0 Å². The quantitative estimate of drug-likeness (QED) is 0.898. The molecule has 1 fully saturated rings. The number of hydrogen-bond donors (Lipinski definition) is 1. The Balaban J connectivity index is 1.98. The van der Waals surface area contributed by atoms with Crippen LogP contribution in [0.15, 0.2) is 18.2 Å². The summed E-state index contributed by atoms with van der Waals surface area (Å²) in [6, 6.07) is 5.94. The van der Waals surface area contributed by atoms with E-state index in [0.717, 1.165) is 16.8 Å². The minimum Gasteiger partial charge on any atom is -0.383 e. The predicted molar refractivity (Wildman–Crippen MR) is 81.1 cm³/mol. The highest BCUT2D eigenvalue weighted by Crippen LogP contribution is 2.22. The largest absolute Gasteiger partial charge is 0.383 e. The Bertz CT molecular complexity index is 542. The van der Waals surface area contributed by atoms with Gasteiger partial charge in [-0.3, -0.25) is 9.59 Å². The lowest BCUT2D eigenvalue weighted by Crippen LogP contribution is -2.30. The van der Waals surface area contributed by atoms with Gasteiger partial charge in [0.15, 0.2) is 0 Å². The summed E-state index contributed by atoms with van der Waals surface area (Å²) in [4.78, 5) is 25.9. The Morgan fingerprint density at radius 3 is 2.90 bits per heavy atom. The fraction of sp³-hybridized carbons (Fsp3) is 0.500. The van der Waals surface area contributed by atoms with Crippen LogP contribution in [0.3, 0.4) is 0 Å². The standard InChI is InChI=1S/C16H22N2O3/c1-11-4-5-12(2)14(8-11)17-16(20)13-9-15(19)18(10-13)6-7-21-3/h4-5,8,13H,6-7,9-10H2,1-3H3,(H,17,20). The SMILES string of the molecule is COCCN1CC(C(=O)Nc2cc(C)ccc2C)CC1=O. The minimum atomic E-state index is -0.283. The number of likely N-dealkylation sites (tertiary alicyclic amines) is 1. The molecule has 0 saturated carbocycles. The number of nitrogens with zero attached hydrogens (tertiary/aromatic N) is 1. The number of amides is 2. The van der Waals surface area contributed by atoms with Crippen LogP contribution in [0.2, 0.25) is 0 Å². The van der Waals surface area contributed by atoms with E-state index in [0.29, 0.717) is 19.7 Å². The van der Waals surface area contributed by atoms with Crippen molar-refractivity contribution in [2.45, 2.75) is 20.3 Å². The lowest BCUT2D eigenvalue weighted by atomic mass is 10.1. The first-order valence-corrected chi connectivity index (χ1v) is 7.16. The van der Waals surface area contributed by atoms with Crippen LogP contribution in [0, 0.1) is 19.8 Å². The van der Waals surface area contributed by atoms with Crippen molar-refractivity contribution >= 4 is 17.5 Å². The molecule has 5 nitrogen and oxygen atoms in total. The smallest absolute Gasteiger partial charge is 0.229 e. The molecule has 1 aromatic carbocycles. The number of nitrogens with one attached hydrogen (secondary N) is 1. The van der Waals surface area contributed by atoms with E-state index in [1.165, 1.54) is 0 Å². The van der Waals surface area contributed by atoms with Crippen LogP contribution in [0.1, 0.15) is 17.5 Å². The molecule has 114 valence electrons. The number of carbonyl (C=O) groups excluding carboxylic acids is 2. The van der Waals surface area contributed by atoms with Gasteiger partial charge in [0.1, 0.15) is 0 Å². The van der Waals surface area contributed by atoms with E-state index in [2.05, 4.69) is 5.32 Å². The molecule has 1 aliphatic heterocycles. The third-order valence-corrected chi connectivity index (χ3v) is 3.80.